The fourth-order valence-electron chi connectivity index (χ4n) is 3.58. The first-order chi connectivity index (χ1) is 14.3. The van der Waals surface area contributed by atoms with Crippen molar-refractivity contribution in [2.75, 3.05) is 6.79 Å². The summed E-state index contributed by atoms with van der Waals surface area (Å²) in [4.78, 5) is 12.4. The van der Waals surface area contributed by atoms with E-state index in [4.69, 9.17) is 9.47 Å². The largest absolute Gasteiger partial charge is 0.454 e. The quantitative estimate of drug-likeness (QED) is 0.562. The first-order valence-corrected chi connectivity index (χ1v) is 10.3. The molecular weight excluding hydrogens is 376 g/mol. The first kappa shape index (κ1) is 20.2. The molecule has 2 aromatic carbocycles. The molecule has 1 aliphatic heterocycles. The van der Waals surface area contributed by atoms with E-state index in [0.717, 1.165) is 29.2 Å². The molecule has 1 N–H and O–H groups in total. The topological polar surface area (TPSA) is 59.9 Å². The van der Waals surface area contributed by atoms with Crippen LogP contribution in [-0.2, 0) is 10.2 Å². The number of hydrogen-bond acceptors (Lipinski definition) is 4. The zero-order valence-corrected chi connectivity index (χ0v) is 17.9. The predicted octanol–water partition coefficient (Wildman–Crippen LogP) is 5.02. The molecule has 1 fully saturated rings. The van der Waals surface area contributed by atoms with Crippen molar-refractivity contribution in [3.63, 3.8) is 0 Å². The van der Waals surface area contributed by atoms with Crippen LogP contribution in [0.3, 0.4) is 0 Å². The third-order valence-corrected chi connectivity index (χ3v) is 5.59. The van der Waals surface area contributed by atoms with Crippen molar-refractivity contribution in [1.82, 2.24) is 5.43 Å². The monoisotopic (exact) mass is 404 g/mol. The van der Waals surface area contributed by atoms with Crippen LogP contribution in [0.2, 0.25) is 0 Å². The summed E-state index contributed by atoms with van der Waals surface area (Å²) in [5.41, 5.74) is 7.10. The number of rotatable bonds is 5. The SMILES string of the molecule is CC(/C=C/c1ccc2c(c1)OCO2)=N\NC(=O)[C@H]1C[C@H]1c1ccc(C(C)(C)C)cc1. The Morgan fingerprint density at radius 2 is 1.83 bits per heavy atom. The lowest BCUT2D eigenvalue weighted by Gasteiger charge is -2.19. The van der Waals surface area contributed by atoms with Gasteiger partial charge in [0.25, 0.3) is 0 Å². The summed E-state index contributed by atoms with van der Waals surface area (Å²) in [5, 5.41) is 4.22. The van der Waals surface area contributed by atoms with E-state index in [-0.39, 0.29) is 24.0 Å². The van der Waals surface area contributed by atoms with Crippen LogP contribution in [0, 0.1) is 5.92 Å². The van der Waals surface area contributed by atoms with Crippen molar-refractivity contribution in [2.24, 2.45) is 11.0 Å². The van der Waals surface area contributed by atoms with Crippen LogP contribution >= 0.6 is 0 Å². The maximum Gasteiger partial charge on any atom is 0.243 e. The minimum atomic E-state index is -0.0178. The lowest BCUT2D eigenvalue weighted by molar-refractivity contribution is -0.122. The molecule has 5 nitrogen and oxygen atoms in total. The van der Waals surface area contributed by atoms with Crippen molar-refractivity contribution in [2.45, 2.75) is 45.4 Å². The molecule has 0 unspecified atom stereocenters. The van der Waals surface area contributed by atoms with Crippen LogP contribution in [0.15, 0.2) is 53.6 Å². The number of ether oxygens (including phenoxy) is 2. The lowest BCUT2D eigenvalue weighted by atomic mass is 9.86. The van der Waals surface area contributed by atoms with Gasteiger partial charge in [0.1, 0.15) is 0 Å². The number of hydrazone groups is 1. The molecule has 2 atom stereocenters. The molecule has 1 amide bonds. The Labute approximate surface area is 177 Å². The number of benzene rings is 2. The highest BCUT2D eigenvalue weighted by molar-refractivity contribution is 5.97. The maximum absolute atomic E-state index is 12.4. The molecule has 0 saturated heterocycles. The zero-order valence-electron chi connectivity index (χ0n) is 17.9. The minimum absolute atomic E-state index is 0.000115. The molecule has 5 heteroatoms. The number of nitrogens with one attached hydrogen (secondary N) is 1. The van der Waals surface area contributed by atoms with Gasteiger partial charge in [0.05, 0.1) is 5.71 Å². The standard InChI is InChI=1S/C25H28N2O3/c1-16(5-6-17-7-12-22-23(13-17)30-15-29-22)26-27-24(28)21-14-20(21)18-8-10-19(11-9-18)25(2,3)4/h5-13,20-21H,14-15H2,1-4H3,(H,27,28)/b6-5+,26-16+/t20-,21-/m0/s1. The van der Waals surface area contributed by atoms with E-state index in [1.54, 1.807) is 0 Å². The average molecular weight is 405 g/mol. The van der Waals surface area contributed by atoms with Crippen LogP contribution in [0.5, 0.6) is 11.5 Å². The van der Waals surface area contributed by atoms with E-state index in [2.05, 4.69) is 55.6 Å². The summed E-state index contributed by atoms with van der Waals surface area (Å²) in [6.07, 6.45) is 4.68. The predicted molar refractivity (Wildman–Crippen MR) is 119 cm³/mol. The van der Waals surface area contributed by atoms with Gasteiger partial charge in [-0.05, 0) is 59.6 Å². The molecule has 30 heavy (non-hydrogen) atoms. The minimum Gasteiger partial charge on any atom is -0.454 e. The second-order valence-electron chi connectivity index (χ2n) is 9.00. The van der Waals surface area contributed by atoms with Crippen LogP contribution in [-0.4, -0.2) is 18.4 Å². The van der Waals surface area contributed by atoms with Crippen LogP contribution in [0.4, 0.5) is 0 Å². The number of hydrogen-bond donors (Lipinski definition) is 1. The second kappa shape index (κ2) is 7.98. The fourth-order valence-corrected chi connectivity index (χ4v) is 3.58. The van der Waals surface area contributed by atoms with Crippen molar-refractivity contribution in [1.29, 1.82) is 0 Å². The van der Waals surface area contributed by atoms with E-state index < -0.39 is 0 Å². The lowest BCUT2D eigenvalue weighted by Crippen LogP contribution is -2.21. The van der Waals surface area contributed by atoms with Gasteiger partial charge in [-0.2, -0.15) is 5.10 Å². The van der Waals surface area contributed by atoms with Crippen LogP contribution in [0.25, 0.3) is 6.08 Å². The molecule has 0 bridgehead atoms. The summed E-state index contributed by atoms with van der Waals surface area (Å²) in [6, 6.07) is 14.4. The molecule has 1 aliphatic carbocycles. The van der Waals surface area contributed by atoms with Gasteiger partial charge in [-0.15, -0.1) is 0 Å². The van der Waals surface area contributed by atoms with E-state index in [1.807, 2.05) is 37.3 Å². The molecule has 0 radical (unpaired) electrons. The summed E-state index contributed by atoms with van der Waals surface area (Å²) in [7, 11) is 0. The van der Waals surface area contributed by atoms with E-state index in [1.165, 1.54) is 11.1 Å². The van der Waals surface area contributed by atoms with Gasteiger partial charge in [-0.1, -0.05) is 57.2 Å². The smallest absolute Gasteiger partial charge is 0.243 e. The number of fused-ring (bicyclic) bond motifs is 1. The van der Waals surface area contributed by atoms with Crippen LogP contribution in [0.1, 0.15) is 56.7 Å². The van der Waals surface area contributed by atoms with E-state index >= 15 is 0 Å². The normalized spacial score (nSPS) is 20.5. The first-order valence-electron chi connectivity index (χ1n) is 10.3. The summed E-state index contributed by atoms with van der Waals surface area (Å²) in [6.45, 7) is 8.74. The number of allylic oxidation sites excluding steroid dienone is 1. The van der Waals surface area contributed by atoms with Gasteiger partial charge in [-0.25, -0.2) is 5.43 Å². The molecule has 2 aliphatic rings. The highest BCUT2D eigenvalue weighted by atomic mass is 16.7. The van der Waals surface area contributed by atoms with Gasteiger partial charge in [0.2, 0.25) is 12.7 Å². The number of carbonyl (C=O) groups excluding carboxylic acids is 1. The Kier molecular flexibility index (Phi) is 5.37. The van der Waals surface area contributed by atoms with Crippen molar-refractivity contribution in [3.8, 4) is 11.5 Å². The van der Waals surface area contributed by atoms with Gasteiger partial charge >= 0.3 is 0 Å². The maximum atomic E-state index is 12.4. The molecule has 156 valence electrons. The molecule has 0 aromatic heterocycles. The number of nitrogens with zero attached hydrogens (tertiary/aromatic N) is 1. The van der Waals surface area contributed by atoms with Crippen molar-refractivity contribution in [3.05, 3.63) is 65.2 Å². The molecule has 2 aromatic rings. The highest BCUT2D eigenvalue weighted by Gasteiger charge is 2.44. The summed E-state index contributed by atoms with van der Waals surface area (Å²) >= 11 is 0. The van der Waals surface area contributed by atoms with Gasteiger partial charge in [0.15, 0.2) is 11.5 Å². The highest BCUT2D eigenvalue weighted by Crippen LogP contribution is 2.47. The van der Waals surface area contributed by atoms with Crippen molar-refractivity contribution >= 4 is 17.7 Å². The average Bonchev–Trinajstić information content (AvgIpc) is 3.39. The van der Waals surface area contributed by atoms with Gasteiger partial charge < -0.3 is 9.47 Å². The Hall–Kier alpha value is -3.08. The molecule has 1 heterocycles. The van der Waals surface area contributed by atoms with Crippen LogP contribution < -0.4 is 14.9 Å². The Morgan fingerprint density at radius 1 is 1.10 bits per heavy atom. The molecule has 4 rings (SSSR count). The zero-order chi connectivity index (χ0) is 21.3. The second-order valence-corrected chi connectivity index (χ2v) is 9.00. The fraction of sp³-hybridized carbons (Fsp3) is 0.360. The Morgan fingerprint density at radius 3 is 2.57 bits per heavy atom. The summed E-state index contributed by atoms with van der Waals surface area (Å²) < 4.78 is 10.7. The van der Waals surface area contributed by atoms with E-state index in [9.17, 15) is 4.79 Å². The summed E-state index contributed by atoms with van der Waals surface area (Å²) in [5.74, 6) is 1.78. The Balaban J connectivity index is 1.30. The molecule has 0 spiro atoms. The van der Waals surface area contributed by atoms with Gasteiger partial charge in [-0.3, -0.25) is 4.79 Å². The number of amides is 1. The Bertz CT molecular complexity index is 1000. The number of carbonyl (C=O) groups is 1. The third kappa shape index (κ3) is 4.56. The molecule has 1 saturated carbocycles. The van der Waals surface area contributed by atoms with Gasteiger partial charge in [0, 0.05) is 5.92 Å². The van der Waals surface area contributed by atoms with Crippen molar-refractivity contribution < 1.29 is 14.3 Å². The molecular formula is C25H28N2O3. The van der Waals surface area contributed by atoms with E-state index in [0.29, 0.717) is 5.92 Å². The third-order valence-electron chi connectivity index (χ3n) is 5.59.